The number of carbonyl (C=O) groups is 2. The predicted octanol–water partition coefficient (Wildman–Crippen LogP) is 5.04. The van der Waals surface area contributed by atoms with E-state index in [1.54, 1.807) is 32.9 Å². The molecule has 1 aromatic carbocycles. The molecule has 0 fully saturated rings. The molecule has 0 spiro atoms. The number of nitrogens with one attached hydrogen (secondary N) is 1. The van der Waals surface area contributed by atoms with Crippen LogP contribution in [0.4, 0.5) is 4.79 Å². The van der Waals surface area contributed by atoms with Crippen molar-refractivity contribution in [2.24, 2.45) is 11.7 Å². The highest BCUT2D eigenvalue weighted by atomic mass is 35.5. The Bertz CT molecular complexity index is 561. The molecule has 0 heterocycles. The fourth-order valence-electron chi connectivity index (χ4n) is 1.37. The van der Waals surface area contributed by atoms with Crippen molar-refractivity contribution in [3.8, 4) is 0 Å². The molecule has 136 valence electrons. The summed E-state index contributed by atoms with van der Waals surface area (Å²) in [4.78, 5) is 22.3. The van der Waals surface area contributed by atoms with E-state index in [2.05, 4.69) is 9.46 Å². The van der Waals surface area contributed by atoms with Gasteiger partial charge in [-0.15, -0.1) is 0 Å². The molecular weight excluding hydrogens is 371 g/mol. The predicted molar refractivity (Wildman–Crippen MR) is 100 cm³/mol. The second kappa shape index (κ2) is 10.7. The standard InChI is InChI=1S/C11H13Cl2NOS.C5H11NO2/c1-7(2)5-11(15)14-16-8-3-4-9(12)10(13)6-8;1-5(2,3)8-4(6)7/h3-4,6-7H,5H2,1-2H3,(H,14,15);1-3H3,(H2,6,7). The van der Waals surface area contributed by atoms with E-state index >= 15 is 0 Å². The first-order chi connectivity index (χ1) is 10.9. The van der Waals surface area contributed by atoms with Crippen LogP contribution in [-0.4, -0.2) is 17.6 Å². The van der Waals surface area contributed by atoms with Crippen molar-refractivity contribution in [2.75, 3.05) is 0 Å². The van der Waals surface area contributed by atoms with E-state index in [-0.39, 0.29) is 5.91 Å². The van der Waals surface area contributed by atoms with Crippen molar-refractivity contribution in [1.82, 2.24) is 4.72 Å². The highest BCUT2D eigenvalue weighted by Crippen LogP contribution is 2.26. The third-order valence-electron chi connectivity index (χ3n) is 2.17. The maximum Gasteiger partial charge on any atom is 0.405 e. The van der Waals surface area contributed by atoms with Gasteiger partial charge in [0.25, 0.3) is 0 Å². The number of hydrogen-bond acceptors (Lipinski definition) is 4. The second-order valence-electron chi connectivity index (χ2n) is 6.33. The zero-order valence-corrected chi connectivity index (χ0v) is 16.8. The van der Waals surface area contributed by atoms with Gasteiger partial charge in [-0.1, -0.05) is 37.0 Å². The molecule has 0 unspecified atom stereocenters. The highest BCUT2D eigenvalue weighted by Gasteiger charge is 2.12. The summed E-state index contributed by atoms with van der Waals surface area (Å²) in [5.41, 5.74) is 4.26. The van der Waals surface area contributed by atoms with Crippen LogP contribution in [0.5, 0.6) is 0 Å². The molecule has 8 heteroatoms. The van der Waals surface area contributed by atoms with E-state index in [1.165, 1.54) is 11.9 Å². The fourth-order valence-corrected chi connectivity index (χ4v) is 2.36. The van der Waals surface area contributed by atoms with Gasteiger partial charge in [0.2, 0.25) is 5.91 Å². The molecule has 5 nitrogen and oxygen atoms in total. The number of halogens is 2. The van der Waals surface area contributed by atoms with Gasteiger partial charge in [-0.2, -0.15) is 0 Å². The van der Waals surface area contributed by atoms with Crippen LogP contribution >= 0.6 is 35.1 Å². The van der Waals surface area contributed by atoms with Gasteiger partial charge in [0.05, 0.1) is 10.0 Å². The monoisotopic (exact) mass is 394 g/mol. The molecule has 1 aromatic rings. The van der Waals surface area contributed by atoms with Crippen LogP contribution in [0.3, 0.4) is 0 Å². The van der Waals surface area contributed by atoms with E-state index < -0.39 is 11.7 Å². The van der Waals surface area contributed by atoms with Crippen LogP contribution < -0.4 is 10.5 Å². The topological polar surface area (TPSA) is 81.4 Å². The lowest BCUT2D eigenvalue weighted by molar-refractivity contribution is -0.119. The van der Waals surface area contributed by atoms with Crippen molar-refractivity contribution < 1.29 is 14.3 Å². The first-order valence-electron chi connectivity index (χ1n) is 7.30. The number of nitrogens with two attached hydrogens (primary N) is 1. The summed E-state index contributed by atoms with van der Waals surface area (Å²) in [7, 11) is 0. The summed E-state index contributed by atoms with van der Waals surface area (Å²) in [6.07, 6.45) is -0.202. The van der Waals surface area contributed by atoms with Crippen LogP contribution in [0.1, 0.15) is 41.0 Å². The first kappa shape index (κ1) is 22.9. The Hall–Kier alpha value is -1.11. The van der Waals surface area contributed by atoms with Crippen molar-refractivity contribution in [1.29, 1.82) is 0 Å². The van der Waals surface area contributed by atoms with Crippen LogP contribution in [0, 0.1) is 5.92 Å². The van der Waals surface area contributed by atoms with Gasteiger partial charge in [-0.25, -0.2) is 4.79 Å². The average molecular weight is 395 g/mol. The number of benzene rings is 1. The van der Waals surface area contributed by atoms with Gasteiger partial charge in [0, 0.05) is 11.3 Å². The van der Waals surface area contributed by atoms with Crippen molar-refractivity contribution in [2.45, 2.75) is 51.5 Å². The minimum atomic E-state index is -0.725. The fraction of sp³-hybridized carbons (Fsp3) is 0.500. The van der Waals surface area contributed by atoms with Gasteiger partial charge in [0.1, 0.15) is 5.60 Å². The maximum absolute atomic E-state index is 11.4. The third kappa shape index (κ3) is 12.3. The molecule has 24 heavy (non-hydrogen) atoms. The highest BCUT2D eigenvalue weighted by molar-refractivity contribution is 7.98. The number of primary amides is 1. The van der Waals surface area contributed by atoms with Crippen LogP contribution in [-0.2, 0) is 9.53 Å². The minimum Gasteiger partial charge on any atom is -0.444 e. The quantitative estimate of drug-likeness (QED) is 0.700. The van der Waals surface area contributed by atoms with Crippen molar-refractivity contribution >= 4 is 47.2 Å². The molecule has 1 rings (SSSR count). The summed E-state index contributed by atoms with van der Waals surface area (Å²) in [5, 5.41) is 1.00. The smallest absolute Gasteiger partial charge is 0.405 e. The summed E-state index contributed by atoms with van der Waals surface area (Å²) >= 11 is 12.9. The molecule has 0 saturated heterocycles. The molecule has 0 saturated carbocycles. The van der Waals surface area contributed by atoms with E-state index in [0.717, 1.165) is 4.90 Å². The number of rotatable bonds is 4. The largest absolute Gasteiger partial charge is 0.444 e. The van der Waals surface area contributed by atoms with E-state index in [9.17, 15) is 9.59 Å². The van der Waals surface area contributed by atoms with Gasteiger partial charge in [-0.3, -0.25) is 9.52 Å². The average Bonchev–Trinajstić information content (AvgIpc) is 2.37. The lowest BCUT2D eigenvalue weighted by Gasteiger charge is -2.16. The Morgan fingerprint density at radius 3 is 2.21 bits per heavy atom. The molecule has 0 bridgehead atoms. The van der Waals surface area contributed by atoms with Crippen LogP contribution in [0.15, 0.2) is 23.1 Å². The summed E-state index contributed by atoms with van der Waals surface area (Å²) in [5.74, 6) is 0.375. The van der Waals surface area contributed by atoms with Gasteiger partial charge in [0.15, 0.2) is 0 Å². The van der Waals surface area contributed by atoms with E-state index in [4.69, 9.17) is 28.9 Å². The molecule has 0 atom stereocenters. The Kier molecular flexibility index (Phi) is 10.2. The Morgan fingerprint density at radius 2 is 1.83 bits per heavy atom. The second-order valence-corrected chi connectivity index (χ2v) is 8.03. The Balaban J connectivity index is 0.000000561. The van der Waals surface area contributed by atoms with Crippen LogP contribution in [0.2, 0.25) is 10.0 Å². The minimum absolute atomic E-state index is 0.0195. The zero-order valence-electron chi connectivity index (χ0n) is 14.5. The van der Waals surface area contributed by atoms with Crippen molar-refractivity contribution in [3.05, 3.63) is 28.2 Å². The number of hydrogen-bond donors (Lipinski definition) is 2. The van der Waals surface area contributed by atoms with Gasteiger partial charge in [-0.05, 0) is 56.8 Å². The molecule has 0 aliphatic carbocycles. The molecule has 0 aliphatic rings. The first-order valence-corrected chi connectivity index (χ1v) is 8.87. The molecular formula is C16H24Cl2N2O3S. The van der Waals surface area contributed by atoms with Crippen molar-refractivity contribution in [3.63, 3.8) is 0 Å². The molecule has 0 aromatic heterocycles. The lowest BCUT2D eigenvalue weighted by Crippen LogP contribution is -2.27. The number of carbonyl (C=O) groups excluding carboxylic acids is 2. The normalized spacial score (nSPS) is 10.7. The van der Waals surface area contributed by atoms with E-state index in [0.29, 0.717) is 22.4 Å². The van der Waals surface area contributed by atoms with Gasteiger partial charge < -0.3 is 10.5 Å². The lowest BCUT2D eigenvalue weighted by atomic mass is 10.1. The van der Waals surface area contributed by atoms with Gasteiger partial charge >= 0.3 is 6.09 Å². The van der Waals surface area contributed by atoms with E-state index in [1.807, 2.05) is 19.9 Å². The molecule has 0 aliphatic heterocycles. The summed E-state index contributed by atoms with van der Waals surface area (Å²) in [6, 6.07) is 5.25. The summed E-state index contributed by atoms with van der Waals surface area (Å²) in [6.45, 7) is 9.29. The van der Waals surface area contributed by atoms with Crippen LogP contribution in [0.25, 0.3) is 0 Å². The molecule has 3 N–H and O–H groups in total. The zero-order chi connectivity index (χ0) is 18.9. The maximum atomic E-state index is 11.4. The number of amides is 2. The Labute approximate surface area is 157 Å². The summed E-state index contributed by atoms with van der Waals surface area (Å²) < 4.78 is 7.33. The number of ether oxygens (including phenoxy) is 1. The Morgan fingerprint density at radius 1 is 1.25 bits per heavy atom. The third-order valence-corrected chi connectivity index (χ3v) is 3.73. The molecule has 0 radical (unpaired) electrons. The molecule has 2 amide bonds. The SMILES string of the molecule is CC(C)(C)OC(N)=O.CC(C)CC(=O)NSc1ccc(Cl)c(Cl)c1.